The maximum absolute atomic E-state index is 12.9. The number of carbonyl (C=O) groups excluding carboxylic acids is 1. The number of benzene rings is 1. The molecule has 0 atom stereocenters. The maximum atomic E-state index is 12.9. The smallest absolute Gasteiger partial charge is 0.244 e. The Morgan fingerprint density at radius 1 is 1.26 bits per heavy atom. The van der Waals surface area contributed by atoms with E-state index in [0.29, 0.717) is 35.3 Å². The zero-order valence-electron chi connectivity index (χ0n) is 17.8. The lowest BCUT2D eigenvalue weighted by Gasteiger charge is -2.36. The van der Waals surface area contributed by atoms with Crippen molar-refractivity contribution in [2.75, 3.05) is 38.2 Å². The number of halogens is 1. The molecule has 0 saturated carbocycles. The molecule has 1 aromatic carbocycles. The Bertz CT molecular complexity index is 1060. The molecular formula is C20H25ClN8O2. The summed E-state index contributed by atoms with van der Waals surface area (Å²) in [6, 6.07) is 6.30. The van der Waals surface area contributed by atoms with E-state index >= 15 is 0 Å². The fraction of sp³-hybridized carbons (Fsp3) is 0.450. The Labute approximate surface area is 185 Å². The van der Waals surface area contributed by atoms with Crippen LogP contribution in [0.4, 0.5) is 5.69 Å². The third-order valence-electron chi connectivity index (χ3n) is 5.62. The van der Waals surface area contributed by atoms with Gasteiger partial charge in [0.05, 0.1) is 17.8 Å². The van der Waals surface area contributed by atoms with Gasteiger partial charge < -0.3 is 14.5 Å². The molecule has 1 saturated heterocycles. The number of aromatic nitrogens is 6. The summed E-state index contributed by atoms with van der Waals surface area (Å²) >= 11 is 6.36. The number of aromatic amines is 1. The summed E-state index contributed by atoms with van der Waals surface area (Å²) in [5.74, 6) is 1.21. The van der Waals surface area contributed by atoms with Crippen LogP contribution in [0.1, 0.15) is 18.2 Å². The van der Waals surface area contributed by atoms with Gasteiger partial charge in [-0.05, 0) is 30.2 Å². The quantitative estimate of drug-likeness (QED) is 0.619. The Morgan fingerprint density at radius 3 is 2.68 bits per heavy atom. The number of amides is 1. The molecule has 164 valence electrons. The highest BCUT2D eigenvalue weighted by Crippen LogP contribution is 2.28. The number of carbonyl (C=O) groups is 1. The Kier molecular flexibility index (Phi) is 6.08. The second kappa shape index (κ2) is 8.93. The molecule has 0 radical (unpaired) electrons. The van der Waals surface area contributed by atoms with E-state index in [2.05, 4.69) is 55.7 Å². The zero-order chi connectivity index (χ0) is 22.0. The number of rotatable bonds is 6. The van der Waals surface area contributed by atoms with Crippen molar-refractivity contribution >= 4 is 23.2 Å². The first-order chi connectivity index (χ1) is 15.0. The number of hydrogen-bond donors (Lipinski definition) is 1. The average molecular weight is 445 g/mol. The predicted octanol–water partition coefficient (Wildman–Crippen LogP) is 1.94. The summed E-state index contributed by atoms with van der Waals surface area (Å²) in [6.45, 7) is 6.84. The van der Waals surface area contributed by atoms with Gasteiger partial charge >= 0.3 is 0 Å². The van der Waals surface area contributed by atoms with Crippen LogP contribution < -0.4 is 9.64 Å². The Morgan fingerprint density at radius 2 is 2.03 bits per heavy atom. The van der Waals surface area contributed by atoms with Crippen molar-refractivity contribution in [1.82, 2.24) is 35.3 Å². The summed E-state index contributed by atoms with van der Waals surface area (Å²) in [7, 11) is 1.70. The van der Waals surface area contributed by atoms with Crippen LogP contribution in [0.2, 0.25) is 5.02 Å². The first kappa shape index (κ1) is 21.1. The van der Waals surface area contributed by atoms with Gasteiger partial charge in [-0.25, -0.2) is 0 Å². The molecule has 10 nitrogen and oxygen atoms in total. The fourth-order valence-electron chi connectivity index (χ4n) is 3.75. The summed E-state index contributed by atoms with van der Waals surface area (Å²) in [5, 5.41) is 18.6. The van der Waals surface area contributed by atoms with Gasteiger partial charge in [0.2, 0.25) is 11.7 Å². The molecule has 1 N–H and O–H groups in total. The van der Waals surface area contributed by atoms with Gasteiger partial charge in [0.15, 0.2) is 5.69 Å². The van der Waals surface area contributed by atoms with Crippen LogP contribution >= 0.6 is 11.6 Å². The van der Waals surface area contributed by atoms with E-state index in [4.69, 9.17) is 16.3 Å². The molecule has 0 unspecified atom stereocenters. The van der Waals surface area contributed by atoms with Gasteiger partial charge in [-0.2, -0.15) is 10.3 Å². The number of tetrazole rings is 1. The molecule has 0 aliphatic carbocycles. The SMILES string of the molecule is CCc1ccc(N2CCN(C(=O)Cn3nc(-c4nn[nH]n4)c(Cl)c3C)CC2)cc1OC. The van der Waals surface area contributed by atoms with Gasteiger partial charge in [0.25, 0.3) is 0 Å². The predicted molar refractivity (Wildman–Crippen MR) is 116 cm³/mol. The largest absolute Gasteiger partial charge is 0.496 e. The molecular weight excluding hydrogens is 420 g/mol. The van der Waals surface area contributed by atoms with Crippen LogP contribution in [0.5, 0.6) is 5.75 Å². The lowest BCUT2D eigenvalue weighted by Crippen LogP contribution is -2.49. The van der Waals surface area contributed by atoms with E-state index in [1.54, 1.807) is 11.8 Å². The standard InChI is InChI=1S/C20H25ClN8O2/c1-4-14-5-6-15(11-16(14)31-3)27-7-9-28(10-8-27)17(30)12-29-13(2)18(21)19(24-29)20-22-25-26-23-20/h5-6,11H,4,7-10,12H2,1-3H3,(H,22,23,25,26). The minimum atomic E-state index is 0.000454. The van der Waals surface area contributed by atoms with Crippen LogP contribution in [-0.2, 0) is 17.8 Å². The Balaban J connectivity index is 1.40. The number of H-pyrrole nitrogens is 1. The van der Waals surface area contributed by atoms with Crippen molar-refractivity contribution in [2.24, 2.45) is 0 Å². The van der Waals surface area contributed by atoms with Crippen LogP contribution in [0, 0.1) is 6.92 Å². The summed E-state index contributed by atoms with van der Waals surface area (Å²) in [4.78, 5) is 17.0. The number of aryl methyl sites for hydroxylation is 1. The number of ether oxygens (including phenoxy) is 1. The number of hydrogen-bond acceptors (Lipinski definition) is 7. The van der Waals surface area contributed by atoms with Crippen molar-refractivity contribution in [3.63, 3.8) is 0 Å². The highest BCUT2D eigenvalue weighted by atomic mass is 35.5. The van der Waals surface area contributed by atoms with Crippen LogP contribution in [0.3, 0.4) is 0 Å². The van der Waals surface area contributed by atoms with Crippen LogP contribution in [0.25, 0.3) is 11.5 Å². The zero-order valence-corrected chi connectivity index (χ0v) is 18.6. The molecule has 0 spiro atoms. The van der Waals surface area contributed by atoms with E-state index < -0.39 is 0 Å². The second-order valence-electron chi connectivity index (χ2n) is 7.36. The highest BCUT2D eigenvalue weighted by molar-refractivity contribution is 6.33. The van der Waals surface area contributed by atoms with Crippen LogP contribution in [-0.4, -0.2) is 74.5 Å². The van der Waals surface area contributed by atoms with Gasteiger partial charge in [-0.15, -0.1) is 10.2 Å². The topological polar surface area (TPSA) is 105 Å². The van der Waals surface area contributed by atoms with E-state index in [1.807, 2.05) is 11.8 Å². The number of nitrogens with zero attached hydrogens (tertiary/aromatic N) is 7. The minimum absolute atomic E-state index is 0.000454. The molecule has 2 aromatic heterocycles. The third kappa shape index (κ3) is 4.20. The normalized spacial score (nSPS) is 14.2. The van der Waals surface area contributed by atoms with Crippen molar-refractivity contribution in [1.29, 1.82) is 0 Å². The molecule has 4 rings (SSSR count). The van der Waals surface area contributed by atoms with Gasteiger partial charge in [-0.1, -0.05) is 24.6 Å². The summed E-state index contributed by atoms with van der Waals surface area (Å²) < 4.78 is 7.11. The first-order valence-electron chi connectivity index (χ1n) is 10.2. The molecule has 0 bridgehead atoms. The number of anilines is 1. The number of methoxy groups -OCH3 is 1. The average Bonchev–Trinajstić information content (AvgIpc) is 3.43. The number of nitrogens with one attached hydrogen (secondary N) is 1. The third-order valence-corrected chi connectivity index (χ3v) is 6.08. The molecule has 1 aliphatic heterocycles. The Hall–Kier alpha value is -3.14. The molecule has 1 aliphatic rings. The first-order valence-corrected chi connectivity index (χ1v) is 10.6. The minimum Gasteiger partial charge on any atom is -0.496 e. The molecule has 11 heteroatoms. The summed E-state index contributed by atoms with van der Waals surface area (Å²) in [5.41, 5.74) is 3.40. The van der Waals surface area contributed by atoms with E-state index in [0.717, 1.165) is 30.9 Å². The van der Waals surface area contributed by atoms with E-state index in [1.165, 1.54) is 5.56 Å². The number of piperazine rings is 1. The summed E-state index contributed by atoms with van der Waals surface area (Å²) in [6.07, 6.45) is 0.928. The molecule has 31 heavy (non-hydrogen) atoms. The van der Waals surface area contributed by atoms with Crippen molar-refractivity contribution in [3.05, 3.63) is 34.5 Å². The molecule has 1 amide bonds. The van der Waals surface area contributed by atoms with Gasteiger partial charge in [0.1, 0.15) is 12.3 Å². The molecule has 3 heterocycles. The fourth-order valence-corrected chi connectivity index (χ4v) is 3.97. The molecule has 1 fully saturated rings. The molecule has 3 aromatic rings. The van der Waals surface area contributed by atoms with Crippen molar-refractivity contribution in [2.45, 2.75) is 26.8 Å². The maximum Gasteiger partial charge on any atom is 0.244 e. The second-order valence-corrected chi connectivity index (χ2v) is 7.74. The van der Waals surface area contributed by atoms with Gasteiger partial charge in [0, 0.05) is 37.9 Å². The monoisotopic (exact) mass is 444 g/mol. The van der Waals surface area contributed by atoms with E-state index in [-0.39, 0.29) is 12.5 Å². The lowest BCUT2D eigenvalue weighted by molar-refractivity contribution is -0.132. The lowest BCUT2D eigenvalue weighted by atomic mass is 10.1. The van der Waals surface area contributed by atoms with Crippen LogP contribution in [0.15, 0.2) is 18.2 Å². The van der Waals surface area contributed by atoms with Crippen molar-refractivity contribution < 1.29 is 9.53 Å². The van der Waals surface area contributed by atoms with Gasteiger partial charge in [-0.3, -0.25) is 9.48 Å². The highest BCUT2D eigenvalue weighted by Gasteiger charge is 2.24. The van der Waals surface area contributed by atoms with Crippen molar-refractivity contribution in [3.8, 4) is 17.3 Å². The van der Waals surface area contributed by atoms with E-state index in [9.17, 15) is 4.79 Å².